The number of hydrogen-bond acceptors (Lipinski definition) is 5. The summed E-state index contributed by atoms with van der Waals surface area (Å²) in [7, 11) is -2.26. The molecule has 1 N–H and O–H groups in total. The molecule has 0 radical (unpaired) electrons. The molecular weight excluding hydrogens is 416 g/mol. The van der Waals surface area contributed by atoms with E-state index in [4.69, 9.17) is 21.1 Å². The van der Waals surface area contributed by atoms with Crippen LogP contribution in [0.1, 0.15) is 12.5 Å². The molecular formula is C20H25ClN2O5S. The lowest BCUT2D eigenvalue weighted by molar-refractivity contribution is -0.122. The van der Waals surface area contributed by atoms with E-state index >= 15 is 0 Å². The van der Waals surface area contributed by atoms with Gasteiger partial charge in [0.15, 0.2) is 0 Å². The molecule has 2 rings (SSSR count). The van der Waals surface area contributed by atoms with Crippen LogP contribution in [0.25, 0.3) is 0 Å². The zero-order valence-corrected chi connectivity index (χ0v) is 18.2. The van der Waals surface area contributed by atoms with Crippen molar-refractivity contribution >= 4 is 33.2 Å². The summed E-state index contributed by atoms with van der Waals surface area (Å²) in [6.45, 7) is 2.52. The van der Waals surface area contributed by atoms with Crippen LogP contribution in [-0.2, 0) is 26.2 Å². The van der Waals surface area contributed by atoms with E-state index in [0.29, 0.717) is 19.0 Å². The Kier molecular flexibility index (Phi) is 8.31. The van der Waals surface area contributed by atoms with Crippen LogP contribution in [-0.4, -0.2) is 46.9 Å². The minimum Gasteiger partial charge on any atom is -0.495 e. The maximum absolute atomic E-state index is 12.5. The second-order valence-electron chi connectivity index (χ2n) is 6.38. The van der Waals surface area contributed by atoms with Gasteiger partial charge in [-0.05, 0) is 30.7 Å². The van der Waals surface area contributed by atoms with Crippen LogP contribution >= 0.6 is 11.6 Å². The topological polar surface area (TPSA) is 84.9 Å². The van der Waals surface area contributed by atoms with E-state index in [1.807, 2.05) is 30.3 Å². The molecule has 0 aliphatic heterocycles. The molecule has 0 saturated carbocycles. The Labute approximate surface area is 176 Å². The first-order valence-corrected chi connectivity index (χ1v) is 11.2. The van der Waals surface area contributed by atoms with Crippen molar-refractivity contribution in [1.82, 2.24) is 5.32 Å². The molecule has 0 saturated heterocycles. The highest BCUT2D eigenvalue weighted by atomic mass is 35.5. The maximum Gasteiger partial charge on any atom is 0.243 e. The van der Waals surface area contributed by atoms with Gasteiger partial charge in [0.2, 0.25) is 15.9 Å². The number of methoxy groups -OCH3 is 1. The predicted molar refractivity (Wildman–Crippen MR) is 114 cm³/mol. The molecule has 1 amide bonds. The average Bonchev–Trinajstić information content (AvgIpc) is 2.67. The second-order valence-corrected chi connectivity index (χ2v) is 8.65. The number of anilines is 1. The minimum absolute atomic E-state index is 0.251. The van der Waals surface area contributed by atoms with Crippen LogP contribution in [0.3, 0.4) is 0 Å². The van der Waals surface area contributed by atoms with Crippen molar-refractivity contribution in [1.29, 1.82) is 0 Å². The highest BCUT2D eigenvalue weighted by Gasteiger charge is 2.29. The number of rotatable bonds is 10. The average molecular weight is 441 g/mol. The molecule has 0 fully saturated rings. The van der Waals surface area contributed by atoms with Gasteiger partial charge in [0, 0.05) is 6.54 Å². The van der Waals surface area contributed by atoms with E-state index in [9.17, 15) is 13.2 Å². The standard InChI is InChI=1S/C20H25ClN2O5S/c1-15(20(24)22-11-12-28-14-16-7-5-4-6-8-16)23(29(3,25)26)17-9-10-19(27-2)18(21)13-17/h4-10,13,15H,11-12,14H2,1-3H3,(H,22,24). The molecule has 158 valence electrons. The molecule has 0 heterocycles. The minimum atomic E-state index is -3.73. The van der Waals surface area contributed by atoms with Crippen LogP contribution < -0.4 is 14.4 Å². The van der Waals surface area contributed by atoms with Crippen LogP contribution in [0.2, 0.25) is 5.02 Å². The molecule has 0 aromatic heterocycles. The first kappa shape index (κ1) is 23.0. The summed E-state index contributed by atoms with van der Waals surface area (Å²) in [4.78, 5) is 12.5. The van der Waals surface area contributed by atoms with Gasteiger partial charge in [-0.15, -0.1) is 0 Å². The number of carbonyl (C=O) groups excluding carboxylic acids is 1. The van der Waals surface area contributed by atoms with Crippen molar-refractivity contribution in [2.75, 3.05) is 30.8 Å². The van der Waals surface area contributed by atoms with Gasteiger partial charge >= 0.3 is 0 Å². The first-order chi connectivity index (χ1) is 13.7. The van der Waals surface area contributed by atoms with E-state index in [2.05, 4.69) is 5.32 Å². The van der Waals surface area contributed by atoms with Crippen molar-refractivity contribution in [3.8, 4) is 5.75 Å². The Morgan fingerprint density at radius 1 is 1.21 bits per heavy atom. The maximum atomic E-state index is 12.5. The van der Waals surface area contributed by atoms with E-state index in [1.165, 1.54) is 20.1 Å². The monoisotopic (exact) mass is 440 g/mol. The molecule has 0 bridgehead atoms. The normalized spacial score (nSPS) is 12.3. The molecule has 0 aliphatic carbocycles. The number of ether oxygens (including phenoxy) is 2. The Bertz CT molecular complexity index is 922. The molecule has 1 unspecified atom stereocenters. The smallest absolute Gasteiger partial charge is 0.243 e. The van der Waals surface area contributed by atoms with Gasteiger partial charge in [0.25, 0.3) is 0 Å². The SMILES string of the molecule is COc1ccc(N(C(C)C(=O)NCCOCc2ccccc2)S(C)(=O)=O)cc1Cl. The van der Waals surface area contributed by atoms with Crippen molar-refractivity contribution in [3.05, 3.63) is 59.1 Å². The van der Waals surface area contributed by atoms with Crippen molar-refractivity contribution in [2.24, 2.45) is 0 Å². The third-order valence-corrected chi connectivity index (χ3v) is 5.67. The zero-order chi connectivity index (χ0) is 21.4. The number of benzene rings is 2. The molecule has 0 spiro atoms. The predicted octanol–water partition coefficient (Wildman–Crippen LogP) is 2.84. The first-order valence-electron chi connectivity index (χ1n) is 8.96. The van der Waals surface area contributed by atoms with Crippen LogP contribution in [0.15, 0.2) is 48.5 Å². The number of nitrogens with one attached hydrogen (secondary N) is 1. The number of carbonyl (C=O) groups is 1. The van der Waals surface area contributed by atoms with Gasteiger partial charge in [-0.3, -0.25) is 9.10 Å². The summed E-state index contributed by atoms with van der Waals surface area (Å²) in [6, 6.07) is 13.2. The van der Waals surface area contributed by atoms with Crippen molar-refractivity contribution in [3.63, 3.8) is 0 Å². The highest BCUT2D eigenvalue weighted by Crippen LogP contribution is 2.31. The molecule has 0 aliphatic rings. The summed E-state index contributed by atoms with van der Waals surface area (Å²) in [6.07, 6.45) is 1.04. The Balaban J connectivity index is 1.97. The number of nitrogens with zero attached hydrogens (tertiary/aromatic N) is 1. The number of hydrogen-bond donors (Lipinski definition) is 1. The van der Waals surface area contributed by atoms with Crippen LogP contribution in [0.5, 0.6) is 5.75 Å². The van der Waals surface area contributed by atoms with Crippen LogP contribution in [0.4, 0.5) is 5.69 Å². The quantitative estimate of drug-likeness (QED) is 0.574. The van der Waals surface area contributed by atoms with Crippen molar-refractivity contribution < 1.29 is 22.7 Å². The second kappa shape index (κ2) is 10.5. The van der Waals surface area contributed by atoms with Gasteiger partial charge in [-0.25, -0.2) is 8.42 Å². The summed E-state index contributed by atoms with van der Waals surface area (Å²) in [5.74, 6) is -0.0257. The number of halogens is 1. The van der Waals surface area contributed by atoms with E-state index in [-0.39, 0.29) is 17.3 Å². The lowest BCUT2D eigenvalue weighted by Crippen LogP contribution is -2.48. The zero-order valence-electron chi connectivity index (χ0n) is 16.6. The summed E-state index contributed by atoms with van der Waals surface area (Å²) in [5.41, 5.74) is 1.31. The fourth-order valence-electron chi connectivity index (χ4n) is 2.76. The molecule has 9 heteroatoms. The third kappa shape index (κ3) is 6.62. The van der Waals surface area contributed by atoms with E-state index in [0.717, 1.165) is 16.1 Å². The van der Waals surface area contributed by atoms with E-state index < -0.39 is 22.0 Å². The Morgan fingerprint density at radius 2 is 1.90 bits per heavy atom. The molecule has 2 aromatic rings. The molecule has 2 aromatic carbocycles. The Hall–Kier alpha value is -2.29. The Morgan fingerprint density at radius 3 is 2.48 bits per heavy atom. The molecule has 7 nitrogen and oxygen atoms in total. The number of amides is 1. The van der Waals surface area contributed by atoms with Gasteiger partial charge in [-0.2, -0.15) is 0 Å². The lowest BCUT2D eigenvalue weighted by atomic mass is 10.2. The van der Waals surface area contributed by atoms with Gasteiger partial charge in [0.1, 0.15) is 11.8 Å². The van der Waals surface area contributed by atoms with E-state index in [1.54, 1.807) is 12.1 Å². The third-order valence-electron chi connectivity index (χ3n) is 4.14. The molecule has 1 atom stereocenters. The fraction of sp³-hybridized carbons (Fsp3) is 0.350. The largest absolute Gasteiger partial charge is 0.495 e. The summed E-state index contributed by atoms with van der Waals surface area (Å²) in [5, 5.41) is 2.95. The van der Waals surface area contributed by atoms with Gasteiger partial charge in [-0.1, -0.05) is 41.9 Å². The van der Waals surface area contributed by atoms with Gasteiger partial charge < -0.3 is 14.8 Å². The summed E-state index contributed by atoms with van der Waals surface area (Å²) < 4.78 is 36.3. The van der Waals surface area contributed by atoms with Crippen molar-refractivity contribution in [2.45, 2.75) is 19.6 Å². The number of sulfonamides is 1. The summed E-state index contributed by atoms with van der Waals surface area (Å²) >= 11 is 6.11. The molecule has 29 heavy (non-hydrogen) atoms. The van der Waals surface area contributed by atoms with Crippen LogP contribution in [0, 0.1) is 0 Å². The lowest BCUT2D eigenvalue weighted by Gasteiger charge is -2.28. The van der Waals surface area contributed by atoms with Gasteiger partial charge in [0.05, 0.1) is 37.3 Å². The highest BCUT2D eigenvalue weighted by molar-refractivity contribution is 7.92. The fourth-order valence-corrected chi connectivity index (χ4v) is 4.18.